The van der Waals surface area contributed by atoms with Gasteiger partial charge in [-0.3, -0.25) is 24.3 Å². The van der Waals surface area contributed by atoms with Gasteiger partial charge in [-0.05, 0) is 49.9 Å². The number of nitrogens with two attached hydrogens (primary N) is 1. The fourth-order valence-electron chi connectivity index (χ4n) is 5.93. The number of amides is 1. The molecule has 1 aromatic heterocycles. The molecule has 1 heterocycles. The van der Waals surface area contributed by atoms with Crippen LogP contribution in [0, 0.1) is 11.8 Å². The van der Waals surface area contributed by atoms with Crippen LogP contribution in [0.15, 0.2) is 65.8 Å². The van der Waals surface area contributed by atoms with Crippen molar-refractivity contribution in [2.45, 2.75) is 18.1 Å². The van der Waals surface area contributed by atoms with E-state index in [4.69, 9.17) is 5.73 Å². The number of aliphatic hydroxyl groups is 3. The highest BCUT2D eigenvalue weighted by Gasteiger charge is 2.63. The first-order chi connectivity index (χ1) is 17.4. The molecule has 0 aliphatic heterocycles. The number of primary amides is 1. The van der Waals surface area contributed by atoms with Crippen molar-refractivity contribution >= 4 is 23.0 Å². The molecule has 5 rings (SSSR count). The standard InChI is InChI=1S/C27H25N3O7/c1-11-12-7-8-13(16-6-4-5-9-29-16)21(31)17(12)22(32)18-14(11)10-15-20(30(2)3)23(33)19(26(28)36)25(35)27(15,37)24(18)34/h4-9,14-15,20,31,33-34,37H,1,10H2,2-3H3,(H2,28,36)/t14-,15+,20+,27+/m1/s1. The van der Waals surface area contributed by atoms with E-state index >= 15 is 0 Å². The highest BCUT2D eigenvalue weighted by molar-refractivity contribution is 6.25. The first-order valence-corrected chi connectivity index (χ1v) is 11.5. The zero-order chi connectivity index (χ0) is 27.0. The molecule has 190 valence electrons. The molecule has 0 saturated carbocycles. The number of ketones is 2. The van der Waals surface area contributed by atoms with Gasteiger partial charge in [-0.15, -0.1) is 0 Å². The van der Waals surface area contributed by atoms with Crippen molar-refractivity contribution in [2.75, 3.05) is 14.1 Å². The largest absolute Gasteiger partial charge is 0.510 e. The van der Waals surface area contributed by atoms with Gasteiger partial charge in [0.15, 0.2) is 11.4 Å². The number of aliphatic hydroxyl groups excluding tert-OH is 2. The molecule has 1 aromatic carbocycles. The second-order valence-electron chi connectivity index (χ2n) is 9.74. The van der Waals surface area contributed by atoms with Gasteiger partial charge in [-0.1, -0.05) is 18.7 Å². The molecule has 0 spiro atoms. The van der Waals surface area contributed by atoms with E-state index in [2.05, 4.69) is 11.6 Å². The molecule has 0 bridgehead atoms. The molecule has 0 fully saturated rings. The van der Waals surface area contributed by atoms with Crippen LogP contribution in [0.25, 0.3) is 16.8 Å². The number of carbonyl (C=O) groups excluding carboxylic acids is 3. The number of aromatic hydroxyl groups is 1. The Morgan fingerprint density at radius 1 is 1.14 bits per heavy atom. The number of likely N-dealkylation sites (N-methyl/N-ethyl adjacent to an activating group) is 1. The quantitative estimate of drug-likeness (QED) is 0.390. The first kappa shape index (κ1) is 24.4. The van der Waals surface area contributed by atoms with E-state index in [1.54, 1.807) is 44.4 Å². The van der Waals surface area contributed by atoms with Crippen LogP contribution in [0.3, 0.4) is 0 Å². The van der Waals surface area contributed by atoms with Gasteiger partial charge in [0.1, 0.15) is 22.8 Å². The van der Waals surface area contributed by atoms with E-state index in [0.29, 0.717) is 16.8 Å². The summed E-state index contributed by atoms with van der Waals surface area (Å²) in [5.74, 6) is -7.27. The third kappa shape index (κ3) is 3.12. The van der Waals surface area contributed by atoms with Crippen molar-refractivity contribution in [1.82, 2.24) is 9.88 Å². The number of nitrogens with zero attached hydrogens (tertiary/aromatic N) is 2. The highest BCUT2D eigenvalue weighted by atomic mass is 16.3. The van der Waals surface area contributed by atoms with Crippen LogP contribution in [0.5, 0.6) is 5.75 Å². The molecule has 6 N–H and O–H groups in total. The Labute approximate surface area is 211 Å². The van der Waals surface area contributed by atoms with Crippen LogP contribution >= 0.6 is 0 Å². The minimum absolute atomic E-state index is 0.0622. The summed E-state index contributed by atoms with van der Waals surface area (Å²) in [6.45, 7) is 4.11. The van der Waals surface area contributed by atoms with Crippen molar-refractivity contribution in [3.63, 3.8) is 0 Å². The highest BCUT2D eigenvalue weighted by Crippen LogP contribution is 2.55. The van der Waals surface area contributed by atoms with Crippen LogP contribution in [0.2, 0.25) is 0 Å². The molecule has 0 unspecified atom stereocenters. The number of rotatable bonds is 3. The number of pyridine rings is 1. The van der Waals surface area contributed by atoms with Gasteiger partial charge in [0.2, 0.25) is 5.78 Å². The Bertz CT molecular complexity index is 1470. The molecule has 3 aliphatic rings. The maximum Gasteiger partial charge on any atom is 0.255 e. The second kappa shape index (κ2) is 8.12. The van der Waals surface area contributed by atoms with Crippen molar-refractivity contribution in [3.05, 3.63) is 76.9 Å². The van der Waals surface area contributed by atoms with Crippen LogP contribution in [-0.2, 0) is 9.59 Å². The molecule has 3 aliphatic carbocycles. The smallest absolute Gasteiger partial charge is 0.255 e. The monoisotopic (exact) mass is 503 g/mol. The zero-order valence-corrected chi connectivity index (χ0v) is 20.1. The Morgan fingerprint density at radius 3 is 2.41 bits per heavy atom. The number of phenols is 1. The second-order valence-corrected chi connectivity index (χ2v) is 9.74. The minimum Gasteiger partial charge on any atom is -0.510 e. The number of hydrogen-bond acceptors (Lipinski definition) is 9. The van der Waals surface area contributed by atoms with E-state index in [0.717, 1.165) is 0 Å². The Kier molecular flexibility index (Phi) is 5.36. The fourth-order valence-corrected chi connectivity index (χ4v) is 5.93. The predicted molar refractivity (Wildman–Crippen MR) is 132 cm³/mol. The zero-order valence-electron chi connectivity index (χ0n) is 20.1. The average molecular weight is 504 g/mol. The summed E-state index contributed by atoms with van der Waals surface area (Å²) in [5, 5.41) is 45.0. The van der Waals surface area contributed by atoms with E-state index in [9.17, 15) is 34.8 Å². The van der Waals surface area contributed by atoms with Gasteiger partial charge in [-0.2, -0.15) is 0 Å². The lowest BCUT2D eigenvalue weighted by Gasteiger charge is -2.50. The molecule has 10 nitrogen and oxygen atoms in total. The lowest BCUT2D eigenvalue weighted by atomic mass is 9.57. The van der Waals surface area contributed by atoms with E-state index in [1.807, 2.05) is 0 Å². The molecular weight excluding hydrogens is 478 g/mol. The predicted octanol–water partition coefficient (Wildman–Crippen LogP) is 1.65. The Morgan fingerprint density at radius 2 is 1.81 bits per heavy atom. The van der Waals surface area contributed by atoms with Crippen molar-refractivity contribution in [3.8, 4) is 17.0 Å². The lowest BCUT2D eigenvalue weighted by molar-refractivity contribution is -0.148. The van der Waals surface area contributed by atoms with E-state index in [-0.39, 0.29) is 28.9 Å². The number of benzene rings is 1. The minimum atomic E-state index is -2.71. The Hall–Kier alpha value is -4.28. The normalized spacial score (nSPS) is 27.2. The summed E-state index contributed by atoms with van der Waals surface area (Å²) in [5.41, 5.74) is 2.77. The molecule has 0 saturated heterocycles. The summed E-state index contributed by atoms with van der Waals surface area (Å²) in [6.07, 6.45) is 1.47. The SMILES string of the molecule is C=C1c2ccc(-c3ccccn3)c(O)c2C(=O)C2=C(O)[C@]3(O)C(=O)C(C(N)=O)=C(O)[C@@H](N(C)C)[C@@H]3C[C@H]12. The molecule has 4 atom stereocenters. The summed E-state index contributed by atoms with van der Waals surface area (Å²) >= 11 is 0. The maximum atomic E-state index is 13.8. The topological polar surface area (TPSA) is 174 Å². The molecule has 10 heteroatoms. The summed E-state index contributed by atoms with van der Waals surface area (Å²) in [6, 6.07) is 7.25. The van der Waals surface area contributed by atoms with Crippen LogP contribution in [0.1, 0.15) is 22.3 Å². The lowest BCUT2D eigenvalue weighted by Crippen LogP contribution is -2.63. The van der Waals surface area contributed by atoms with E-state index in [1.165, 1.54) is 11.1 Å². The number of phenolic OH excluding ortho intramolecular Hbond substituents is 1. The molecular formula is C27H25N3O7. The van der Waals surface area contributed by atoms with Gasteiger partial charge in [0.25, 0.3) is 5.91 Å². The van der Waals surface area contributed by atoms with Crippen LogP contribution < -0.4 is 5.73 Å². The van der Waals surface area contributed by atoms with Gasteiger partial charge < -0.3 is 26.2 Å². The van der Waals surface area contributed by atoms with Gasteiger partial charge in [-0.25, -0.2) is 0 Å². The number of carbonyl (C=O) groups is 3. The number of allylic oxidation sites excluding steroid dienone is 2. The molecule has 0 radical (unpaired) electrons. The average Bonchev–Trinajstić information content (AvgIpc) is 2.84. The molecule has 1 amide bonds. The third-order valence-electron chi connectivity index (χ3n) is 7.64. The molecule has 37 heavy (non-hydrogen) atoms. The number of fused-ring (bicyclic) bond motifs is 3. The Balaban J connectivity index is 1.75. The van der Waals surface area contributed by atoms with Gasteiger partial charge >= 0.3 is 0 Å². The van der Waals surface area contributed by atoms with Gasteiger partial charge in [0.05, 0.1) is 17.3 Å². The third-order valence-corrected chi connectivity index (χ3v) is 7.64. The van der Waals surface area contributed by atoms with Gasteiger partial charge in [0, 0.05) is 29.2 Å². The van der Waals surface area contributed by atoms with Crippen LogP contribution in [0.4, 0.5) is 0 Å². The maximum absolute atomic E-state index is 13.8. The fraction of sp³-hybridized carbons (Fsp3) is 0.259. The first-order valence-electron chi connectivity index (χ1n) is 11.5. The van der Waals surface area contributed by atoms with Crippen molar-refractivity contribution in [1.29, 1.82) is 0 Å². The van der Waals surface area contributed by atoms with Crippen molar-refractivity contribution < 1.29 is 34.8 Å². The number of aromatic nitrogens is 1. The number of Topliss-reactive ketones (excluding diaryl/α,β-unsaturated/α-hetero) is 2. The molecule has 2 aromatic rings. The summed E-state index contributed by atoms with van der Waals surface area (Å²) in [4.78, 5) is 44.9. The summed E-state index contributed by atoms with van der Waals surface area (Å²) in [7, 11) is 3.14. The summed E-state index contributed by atoms with van der Waals surface area (Å²) < 4.78 is 0. The number of hydrogen-bond donors (Lipinski definition) is 5. The van der Waals surface area contributed by atoms with Crippen LogP contribution in [-0.4, -0.2) is 73.5 Å². The van der Waals surface area contributed by atoms with E-state index < -0.39 is 58.0 Å². The van der Waals surface area contributed by atoms with Crippen molar-refractivity contribution in [2.24, 2.45) is 17.6 Å².